The number of aryl methyl sites for hydroxylation is 1. The smallest absolute Gasteiger partial charge is 0.231 e. The van der Waals surface area contributed by atoms with E-state index in [-0.39, 0.29) is 23.5 Å². The highest BCUT2D eigenvalue weighted by atomic mass is 19.1. The molecule has 3 heterocycles. The molecule has 1 aliphatic rings. The standard InChI is InChI=1S/C18H18FN5O3/c1-24-12(15-17(26-2)21-8-22-18(15)27-3)4-9-5-14(20-7-13(9)24)23-16(25)10-6-11(10)19/h4-5,7-8,10-11H,6H2,1-3H3,(H,20,23,25)/i2D3,3D3. The van der Waals surface area contributed by atoms with Crippen LogP contribution in [-0.2, 0) is 11.8 Å². The molecule has 3 aromatic rings. The highest BCUT2D eigenvalue weighted by Gasteiger charge is 2.43. The van der Waals surface area contributed by atoms with Gasteiger partial charge in [0.25, 0.3) is 0 Å². The lowest BCUT2D eigenvalue weighted by molar-refractivity contribution is -0.117. The first-order valence-corrected chi connectivity index (χ1v) is 7.96. The number of ether oxygens (including phenoxy) is 2. The topological polar surface area (TPSA) is 91.2 Å². The van der Waals surface area contributed by atoms with Crippen molar-refractivity contribution in [1.29, 1.82) is 0 Å². The van der Waals surface area contributed by atoms with Gasteiger partial charge in [-0.1, -0.05) is 0 Å². The molecule has 0 radical (unpaired) electrons. The number of methoxy groups -OCH3 is 2. The number of halogens is 1. The van der Waals surface area contributed by atoms with Crippen molar-refractivity contribution >= 4 is 22.6 Å². The molecule has 1 aliphatic carbocycles. The molecule has 1 N–H and O–H groups in total. The van der Waals surface area contributed by atoms with Gasteiger partial charge in [-0.2, -0.15) is 0 Å². The fourth-order valence-electron chi connectivity index (χ4n) is 2.92. The Morgan fingerprint density at radius 3 is 2.63 bits per heavy atom. The molecule has 140 valence electrons. The van der Waals surface area contributed by atoms with E-state index >= 15 is 0 Å². The summed E-state index contributed by atoms with van der Waals surface area (Å²) in [5.41, 5.74) is 0.744. The molecule has 2 atom stereocenters. The SMILES string of the molecule is [2H]C([2H])([2H])Oc1ncnc(OC([2H])([2H])[2H])c1-c1cc2cc(NC(=O)C3CC3F)ncc2n1C. The average molecular weight is 377 g/mol. The van der Waals surface area contributed by atoms with Crippen molar-refractivity contribution in [3.8, 4) is 23.0 Å². The molecule has 0 saturated heterocycles. The van der Waals surface area contributed by atoms with E-state index in [9.17, 15) is 9.18 Å². The third kappa shape index (κ3) is 2.94. The maximum absolute atomic E-state index is 13.1. The van der Waals surface area contributed by atoms with Gasteiger partial charge in [0.1, 0.15) is 23.9 Å². The molecule has 0 aliphatic heterocycles. The number of hydrogen-bond acceptors (Lipinski definition) is 6. The first kappa shape index (κ1) is 11.5. The Bertz CT molecular complexity index is 1190. The Kier molecular flexibility index (Phi) is 2.76. The summed E-state index contributed by atoms with van der Waals surface area (Å²) >= 11 is 0. The van der Waals surface area contributed by atoms with Gasteiger partial charge in [-0.15, -0.1) is 0 Å². The van der Waals surface area contributed by atoms with Crippen LogP contribution < -0.4 is 14.8 Å². The third-order valence-corrected chi connectivity index (χ3v) is 4.46. The third-order valence-electron chi connectivity index (χ3n) is 4.46. The molecule has 8 nitrogen and oxygen atoms in total. The summed E-state index contributed by atoms with van der Waals surface area (Å²) in [6.07, 6.45) is 1.41. The molecule has 4 rings (SSSR count). The van der Waals surface area contributed by atoms with Crippen molar-refractivity contribution in [1.82, 2.24) is 19.5 Å². The minimum absolute atomic E-state index is 0.0905. The van der Waals surface area contributed by atoms with Gasteiger partial charge in [-0.25, -0.2) is 19.3 Å². The number of amides is 1. The van der Waals surface area contributed by atoms with E-state index < -0.39 is 43.8 Å². The number of nitrogens with one attached hydrogen (secondary N) is 1. The van der Waals surface area contributed by atoms with E-state index in [2.05, 4.69) is 20.3 Å². The van der Waals surface area contributed by atoms with Crippen molar-refractivity contribution in [2.45, 2.75) is 12.6 Å². The van der Waals surface area contributed by atoms with E-state index in [4.69, 9.17) is 17.7 Å². The van der Waals surface area contributed by atoms with E-state index in [0.717, 1.165) is 6.33 Å². The zero-order valence-corrected chi connectivity index (χ0v) is 14.1. The zero-order valence-electron chi connectivity index (χ0n) is 20.1. The summed E-state index contributed by atoms with van der Waals surface area (Å²) < 4.78 is 69.1. The second kappa shape index (κ2) is 6.49. The van der Waals surface area contributed by atoms with Crippen molar-refractivity contribution in [3.05, 3.63) is 24.7 Å². The van der Waals surface area contributed by atoms with Gasteiger partial charge in [-0.05, 0) is 18.6 Å². The van der Waals surface area contributed by atoms with Crippen molar-refractivity contribution in [2.75, 3.05) is 19.4 Å². The minimum atomic E-state index is -2.87. The molecular formula is C18H18FN5O3. The molecule has 1 saturated carbocycles. The molecule has 1 fully saturated rings. The van der Waals surface area contributed by atoms with Crippen molar-refractivity contribution < 1.29 is 26.9 Å². The van der Waals surface area contributed by atoms with Crippen molar-refractivity contribution in [3.63, 3.8) is 0 Å². The molecular weight excluding hydrogens is 353 g/mol. The van der Waals surface area contributed by atoms with Crippen LogP contribution in [0.5, 0.6) is 11.8 Å². The van der Waals surface area contributed by atoms with Crippen LogP contribution >= 0.6 is 0 Å². The number of carbonyl (C=O) groups excluding carboxylic acids is 1. The van der Waals surface area contributed by atoms with Crippen LogP contribution in [0.2, 0.25) is 0 Å². The van der Waals surface area contributed by atoms with E-state index in [1.165, 1.54) is 6.20 Å². The predicted octanol–water partition coefficient (Wildman–Crippen LogP) is 2.34. The lowest BCUT2D eigenvalue weighted by Crippen LogP contribution is -2.15. The number of carbonyl (C=O) groups is 1. The summed E-state index contributed by atoms with van der Waals surface area (Å²) in [6, 6.07) is 3.13. The Balaban J connectivity index is 1.79. The van der Waals surface area contributed by atoms with Gasteiger partial charge in [-0.3, -0.25) is 4.79 Å². The van der Waals surface area contributed by atoms with E-state index in [0.29, 0.717) is 10.9 Å². The largest absolute Gasteiger partial charge is 0.480 e. The number of anilines is 1. The number of pyridine rings is 1. The zero-order chi connectivity index (χ0) is 24.1. The Labute approximate surface area is 162 Å². The molecule has 1 amide bonds. The van der Waals surface area contributed by atoms with Gasteiger partial charge in [0.2, 0.25) is 17.7 Å². The number of rotatable bonds is 5. The minimum Gasteiger partial charge on any atom is -0.480 e. The van der Waals surface area contributed by atoms with Gasteiger partial charge < -0.3 is 19.4 Å². The first-order valence-electron chi connectivity index (χ1n) is 11.0. The van der Waals surface area contributed by atoms with Crippen LogP contribution in [0.15, 0.2) is 24.7 Å². The normalized spacial score (nSPS) is 22.6. The summed E-state index contributed by atoms with van der Waals surface area (Å²) in [5, 5.41) is 3.12. The fourth-order valence-corrected chi connectivity index (χ4v) is 2.92. The molecule has 3 aromatic heterocycles. The second-order valence-corrected chi connectivity index (χ2v) is 6.13. The number of hydrogen-bond donors (Lipinski definition) is 1. The fraction of sp³-hybridized carbons (Fsp3) is 0.333. The number of aromatic nitrogens is 4. The molecule has 9 heteroatoms. The number of alkyl halides is 1. The van der Waals surface area contributed by atoms with E-state index in [1.54, 1.807) is 23.7 Å². The van der Waals surface area contributed by atoms with Crippen LogP contribution in [-0.4, -0.2) is 45.7 Å². The first-order chi connectivity index (χ1) is 15.3. The van der Waals surface area contributed by atoms with Gasteiger partial charge in [0, 0.05) is 12.4 Å². The van der Waals surface area contributed by atoms with Crippen LogP contribution in [0.4, 0.5) is 10.2 Å². The van der Waals surface area contributed by atoms with Gasteiger partial charge >= 0.3 is 0 Å². The Hall–Kier alpha value is -3.23. The number of nitrogens with zero attached hydrogens (tertiary/aromatic N) is 4. The van der Waals surface area contributed by atoms with Crippen LogP contribution in [0, 0.1) is 5.92 Å². The molecule has 0 spiro atoms. The lowest BCUT2D eigenvalue weighted by atomic mass is 10.2. The molecule has 2 unspecified atom stereocenters. The average Bonchev–Trinajstić information content (AvgIpc) is 3.32. The van der Waals surface area contributed by atoms with Crippen LogP contribution in [0.3, 0.4) is 0 Å². The monoisotopic (exact) mass is 377 g/mol. The summed E-state index contributed by atoms with van der Waals surface area (Å²) in [5.74, 6) is -1.76. The maximum atomic E-state index is 13.1. The van der Waals surface area contributed by atoms with Crippen LogP contribution in [0.1, 0.15) is 14.6 Å². The number of fused-ring (bicyclic) bond motifs is 1. The lowest BCUT2D eigenvalue weighted by Gasteiger charge is -2.11. The highest BCUT2D eigenvalue weighted by molar-refractivity contribution is 5.96. The summed E-state index contributed by atoms with van der Waals surface area (Å²) in [4.78, 5) is 23.9. The van der Waals surface area contributed by atoms with Gasteiger partial charge in [0.15, 0.2) is 0 Å². The Morgan fingerprint density at radius 2 is 2.00 bits per heavy atom. The molecule has 0 aromatic carbocycles. The molecule has 27 heavy (non-hydrogen) atoms. The molecule has 0 bridgehead atoms. The highest BCUT2D eigenvalue weighted by Crippen LogP contribution is 2.38. The Morgan fingerprint density at radius 1 is 1.30 bits per heavy atom. The quantitative estimate of drug-likeness (QED) is 0.734. The van der Waals surface area contributed by atoms with Crippen LogP contribution in [0.25, 0.3) is 22.2 Å². The second-order valence-electron chi connectivity index (χ2n) is 6.13. The van der Waals surface area contributed by atoms with E-state index in [1.807, 2.05) is 0 Å². The predicted molar refractivity (Wildman–Crippen MR) is 96.5 cm³/mol. The maximum Gasteiger partial charge on any atom is 0.231 e. The summed E-state index contributed by atoms with van der Waals surface area (Å²) in [6.45, 7) is 0. The summed E-state index contributed by atoms with van der Waals surface area (Å²) in [7, 11) is -4.12. The van der Waals surface area contributed by atoms with Crippen molar-refractivity contribution in [2.24, 2.45) is 13.0 Å². The van der Waals surface area contributed by atoms with Gasteiger partial charge in [0.05, 0.1) is 45.6 Å².